The third-order valence-electron chi connectivity index (χ3n) is 2.89. The van der Waals surface area contributed by atoms with Crippen molar-refractivity contribution < 1.29 is 9.90 Å². The molecular weight excluding hydrogens is 242 g/mol. The average Bonchev–Trinajstić information content (AvgIpc) is 2.80. The van der Waals surface area contributed by atoms with Gasteiger partial charge >= 0.3 is 5.97 Å². The summed E-state index contributed by atoms with van der Waals surface area (Å²) in [6.07, 6.45) is 1.87. The molecule has 0 saturated carbocycles. The molecule has 1 aromatic heterocycles. The van der Waals surface area contributed by atoms with E-state index in [4.69, 9.17) is 0 Å². The zero-order valence-electron chi connectivity index (χ0n) is 11.2. The Morgan fingerprint density at radius 3 is 2.68 bits per heavy atom. The minimum absolute atomic E-state index is 0.249. The van der Waals surface area contributed by atoms with E-state index in [-0.39, 0.29) is 11.6 Å². The maximum Gasteiger partial charge on any atom is 0.337 e. The van der Waals surface area contributed by atoms with Crippen molar-refractivity contribution in [3.63, 3.8) is 0 Å². The summed E-state index contributed by atoms with van der Waals surface area (Å²) in [6, 6.07) is 7.28. The number of aromatic carboxylic acids is 1. The van der Waals surface area contributed by atoms with Crippen LogP contribution in [0.3, 0.4) is 0 Å². The predicted octanol–water partition coefficient (Wildman–Crippen LogP) is 3.21. The molecule has 1 aromatic carbocycles. The molecule has 100 valence electrons. The lowest BCUT2D eigenvalue weighted by Crippen LogP contribution is -2.06. The van der Waals surface area contributed by atoms with Crippen molar-refractivity contribution in [1.29, 1.82) is 0 Å². The van der Waals surface area contributed by atoms with Gasteiger partial charge in [-0.15, -0.1) is 0 Å². The molecule has 0 saturated heterocycles. The standard InChI is InChI=1S/C14H17N3O2/c1-9(2)17-8-7-12(16-17)15-13-10(3)5-4-6-11(13)14(18)19/h4-9H,1-3H3,(H,15,16)(H,18,19). The van der Waals surface area contributed by atoms with Gasteiger partial charge in [-0.05, 0) is 32.4 Å². The van der Waals surface area contributed by atoms with Gasteiger partial charge in [-0.25, -0.2) is 4.79 Å². The lowest BCUT2D eigenvalue weighted by atomic mass is 10.1. The first kappa shape index (κ1) is 13.1. The summed E-state index contributed by atoms with van der Waals surface area (Å²) in [6.45, 7) is 5.94. The minimum Gasteiger partial charge on any atom is -0.478 e. The average molecular weight is 259 g/mol. The van der Waals surface area contributed by atoms with E-state index in [2.05, 4.69) is 10.4 Å². The largest absolute Gasteiger partial charge is 0.478 e. The van der Waals surface area contributed by atoms with E-state index in [1.54, 1.807) is 12.1 Å². The molecule has 1 heterocycles. The van der Waals surface area contributed by atoms with Crippen LogP contribution in [0.5, 0.6) is 0 Å². The van der Waals surface area contributed by atoms with Gasteiger partial charge in [-0.3, -0.25) is 4.68 Å². The predicted molar refractivity (Wildman–Crippen MR) is 74.0 cm³/mol. The number of aromatic nitrogens is 2. The molecule has 0 aliphatic carbocycles. The molecular formula is C14H17N3O2. The molecule has 0 radical (unpaired) electrons. The van der Waals surface area contributed by atoms with Gasteiger partial charge in [0.1, 0.15) is 0 Å². The Morgan fingerprint density at radius 1 is 1.37 bits per heavy atom. The zero-order valence-corrected chi connectivity index (χ0v) is 11.2. The number of hydrogen-bond acceptors (Lipinski definition) is 3. The zero-order chi connectivity index (χ0) is 14.0. The maximum absolute atomic E-state index is 11.2. The third-order valence-corrected chi connectivity index (χ3v) is 2.89. The van der Waals surface area contributed by atoms with Gasteiger partial charge in [0.2, 0.25) is 0 Å². The van der Waals surface area contributed by atoms with Gasteiger partial charge in [0.15, 0.2) is 5.82 Å². The second kappa shape index (κ2) is 5.14. The Hall–Kier alpha value is -2.30. The van der Waals surface area contributed by atoms with E-state index >= 15 is 0 Å². The van der Waals surface area contributed by atoms with Crippen LogP contribution >= 0.6 is 0 Å². The topological polar surface area (TPSA) is 67.2 Å². The molecule has 0 fully saturated rings. The smallest absolute Gasteiger partial charge is 0.337 e. The van der Waals surface area contributed by atoms with Gasteiger partial charge in [-0.1, -0.05) is 12.1 Å². The number of hydrogen-bond donors (Lipinski definition) is 2. The number of carbonyl (C=O) groups is 1. The highest BCUT2D eigenvalue weighted by Crippen LogP contribution is 2.24. The number of carboxylic acid groups (broad SMARTS) is 1. The Bertz CT molecular complexity index is 602. The van der Waals surface area contributed by atoms with Crippen LogP contribution in [0.25, 0.3) is 0 Å². The lowest BCUT2D eigenvalue weighted by Gasteiger charge is -2.10. The first-order valence-electron chi connectivity index (χ1n) is 6.14. The number of para-hydroxylation sites is 1. The Balaban J connectivity index is 2.34. The Morgan fingerprint density at radius 2 is 2.11 bits per heavy atom. The SMILES string of the molecule is Cc1cccc(C(=O)O)c1Nc1ccn(C(C)C)n1. The molecule has 2 N–H and O–H groups in total. The van der Waals surface area contributed by atoms with Crippen LogP contribution < -0.4 is 5.32 Å². The number of carboxylic acids is 1. The molecule has 0 spiro atoms. The van der Waals surface area contributed by atoms with E-state index in [0.717, 1.165) is 5.56 Å². The molecule has 5 heteroatoms. The van der Waals surface area contributed by atoms with Crippen molar-refractivity contribution in [2.24, 2.45) is 0 Å². The summed E-state index contributed by atoms with van der Waals surface area (Å²) in [7, 11) is 0. The van der Waals surface area contributed by atoms with Gasteiger partial charge in [0, 0.05) is 18.3 Å². The molecule has 5 nitrogen and oxygen atoms in total. The van der Waals surface area contributed by atoms with E-state index in [1.807, 2.05) is 43.8 Å². The molecule has 19 heavy (non-hydrogen) atoms. The summed E-state index contributed by atoms with van der Waals surface area (Å²) in [5.41, 5.74) is 1.71. The number of aryl methyl sites for hydroxylation is 1. The molecule has 0 bridgehead atoms. The maximum atomic E-state index is 11.2. The molecule has 0 aliphatic heterocycles. The second-order valence-corrected chi connectivity index (χ2v) is 4.70. The van der Waals surface area contributed by atoms with Crippen molar-refractivity contribution in [2.75, 3.05) is 5.32 Å². The van der Waals surface area contributed by atoms with Crippen LogP contribution in [0.4, 0.5) is 11.5 Å². The third kappa shape index (κ3) is 2.76. The minimum atomic E-state index is -0.950. The molecule has 0 atom stereocenters. The van der Waals surface area contributed by atoms with E-state index in [1.165, 1.54) is 0 Å². The van der Waals surface area contributed by atoms with Crippen LogP contribution in [0.2, 0.25) is 0 Å². The van der Waals surface area contributed by atoms with E-state index < -0.39 is 5.97 Å². The fourth-order valence-corrected chi connectivity index (χ4v) is 1.83. The summed E-state index contributed by atoms with van der Waals surface area (Å²) in [5, 5.41) is 16.6. The van der Waals surface area contributed by atoms with E-state index in [9.17, 15) is 9.90 Å². The fourth-order valence-electron chi connectivity index (χ4n) is 1.83. The van der Waals surface area contributed by atoms with Crippen LogP contribution in [0.15, 0.2) is 30.5 Å². The number of rotatable bonds is 4. The normalized spacial score (nSPS) is 10.7. The number of benzene rings is 1. The van der Waals surface area contributed by atoms with Crippen molar-refractivity contribution in [1.82, 2.24) is 9.78 Å². The Kier molecular flexibility index (Phi) is 3.55. The van der Waals surface area contributed by atoms with Gasteiger partial charge in [0.25, 0.3) is 0 Å². The Labute approximate surface area is 111 Å². The summed E-state index contributed by atoms with van der Waals surface area (Å²) in [4.78, 5) is 11.2. The van der Waals surface area contributed by atoms with Crippen molar-refractivity contribution in [3.8, 4) is 0 Å². The van der Waals surface area contributed by atoms with Crippen LogP contribution in [-0.2, 0) is 0 Å². The molecule has 2 rings (SSSR count). The highest BCUT2D eigenvalue weighted by Gasteiger charge is 2.13. The second-order valence-electron chi connectivity index (χ2n) is 4.70. The molecule has 0 unspecified atom stereocenters. The van der Waals surface area contributed by atoms with Crippen molar-refractivity contribution in [2.45, 2.75) is 26.8 Å². The number of nitrogens with one attached hydrogen (secondary N) is 1. The lowest BCUT2D eigenvalue weighted by molar-refractivity contribution is 0.0698. The quantitative estimate of drug-likeness (QED) is 0.884. The monoisotopic (exact) mass is 259 g/mol. The van der Waals surface area contributed by atoms with Crippen LogP contribution in [-0.4, -0.2) is 20.9 Å². The molecule has 0 amide bonds. The molecule has 0 aliphatic rings. The van der Waals surface area contributed by atoms with Crippen LogP contribution in [0, 0.1) is 6.92 Å². The van der Waals surface area contributed by atoms with Crippen LogP contribution in [0.1, 0.15) is 35.8 Å². The number of nitrogens with zero attached hydrogens (tertiary/aromatic N) is 2. The van der Waals surface area contributed by atoms with Gasteiger partial charge in [0.05, 0.1) is 11.3 Å². The summed E-state index contributed by atoms with van der Waals surface area (Å²) in [5.74, 6) is -0.306. The van der Waals surface area contributed by atoms with E-state index in [0.29, 0.717) is 11.5 Å². The highest BCUT2D eigenvalue weighted by atomic mass is 16.4. The first-order chi connectivity index (χ1) is 8.99. The summed E-state index contributed by atoms with van der Waals surface area (Å²) >= 11 is 0. The number of anilines is 2. The van der Waals surface area contributed by atoms with Gasteiger partial charge in [-0.2, -0.15) is 5.10 Å². The van der Waals surface area contributed by atoms with Gasteiger partial charge < -0.3 is 10.4 Å². The highest BCUT2D eigenvalue weighted by molar-refractivity contribution is 5.95. The molecule has 2 aromatic rings. The van der Waals surface area contributed by atoms with Crippen molar-refractivity contribution in [3.05, 3.63) is 41.6 Å². The van der Waals surface area contributed by atoms with Crippen molar-refractivity contribution >= 4 is 17.5 Å². The fraction of sp³-hybridized carbons (Fsp3) is 0.286. The first-order valence-corrected chi connectivity index (χ1v) is 6.14. The summed E-state index contributed by atoms with van der Waals surface area (Å²) < 4.78 is 1.82.